The number of allylic oxidation sites excluding steroid dienone is 2. The van der Waals surface area contributed by atoms with Crippen molar-refractivity contribution in [3.05, 3.63) is 41.5 Å². The second-order valence-corrected chi connectivity index (χ2v) is 7.43. The zero-order valence-corrected chi connectivity index (χ0v) is 14.3. The van der Waals surface area contributed by atoms with Crippen molar-refractivity contribution in [1.82, 2.24) is 10.2 Å². The summed E-state index contributed by atoms with van der Waals surface area (Å²) in [6.45, 7) is 5.93. The first-order chi connectivity index (χ1) is 11.4. The summed E-state index contributed by atoms with van der Waals surface area (Å²) in [5.41, 5.74) is 3.31. The molecule has 1 aromatic carbocycles. The number of rotatable bonds is 2. The molecule has 2 N–H and O–H groups in total. The van der Waals surface area contributed by atoms with E-state index in [9.17, 15) is 9.59 Å². The van der Waals surface area contributed by atoms with Gasteiger partial charge in [-0.15, -0.1) is 0 Å². The number of carbonyl (C=O) groups excluding carboxylic acids is 2. The molecule has 3 aliphatic heterocycles. The normalized spacial score (nSPS) is 33.3. The third-order valence-corrected chi connectivity index (χ3v) is 5.61. The van der Waals surface area contributed by atoms with Gasteiger partial charge < -0.3 is 15.5 Å². The van der Waals surface area contributed by atoms with Crippen LogP contribution in [-0.2, 0) is 15.0 Å². The van der Waals surface area contributed by atoms with Gasteiger partial charge in [-0.1, -0.05) is 29.8 Å². The Hall–Kier alpha value is -2.30. The second kappa shape index (κ2) is 5.10. The molecule has 24 heavy (non-hydrogen) atoms. The van der Waals surface area contributed by atoms with Crippen LogP contribution in [0.2, 0.25) is 0 Å². The largest absolute Gasteiger partial charge is 0.364 e. The lowest BCUT2D eigenvalue weighted by atomic mass is 9.75. The summed E-state index contributed by atoms with van der Waals surface area (Å²) in [4.78, 5) is 27.1. The fraction of sp³-hybridized carbons (Fsp3) is 0.474. The van der Waals surface area contributed by atoms with Crippen LogP contribution in [0.15, 0.2) is 35.9 Å². The minimum Gasteiger partial charge on any atom is -0.364 e. The van der Waals surface area contributed by atoms with E-state index in [0.717, 1.165) is 12.1 Å². The Labute approximate surface area is 142 Å². The molecule has 3 aliphatic rings. The Bertz CT molecular complexity index is 753. The maximum Gasteiger partial charge on any atom is 0.247 e. The van der Waals surface area contributed by atoms with Gasteiger partial charge in [0.15, 0.2) is 0 Å². The molecule has 5 heteroatoms. The zero-order chi connectivity index (χ0) is 17.1. The number of benzene rings is 1. The van der Waals surface area contributed by atoms with Gasteiger partial charge in [-0.3, -0.25) is 9.59 Å². The number of hydrogen-bond donors (Lipinski definition) is 2. The smallest absolute Gasteiger partial charge is 0.247 e. The molecule has 0 bridgehead atoms. The molecule has 5 nitrogen and oxygen atoms in total. The SMILES string of the molecule is CC(C)=CC[C@]12C[C@@H]3C(=O)N[C@H](C)C(=O)N3[C@H]1Nc1ccccc12. The topological polar surface area (TPSA) is 61.4 Å². The third kappa shape index (κ3) is 1.93. The Morgan fingerprint density at radius 1 is 1.29 bits per heavy atom. The lowest BCUT2D eigenvalue weighted by Gasteiger charge is -2.37. The highest BCUT2D eigenvalue weighted by Crippen LogP contribution is 2.53. The van der Waals surface area contributed by atoms with E-state index in [2.05, 4.69) is 42.7 Å². The summed E-state index contributed by atoms with van der Waals surface area (Å²) >= 11 is 0. The quantitative estimate of drug-likeness (QED) is 0.819. The number of para-hydroxylation sites is 1. The Morgan fingerprint density at radius 3 is 2.79 bits per heavy atom. The molecule has 2 saturated heterocycles. The van der Waals surface area contributed by atoms with E-state index in [1.807, 2.05) is 12.1 Å². The lowest BCUT2D eigenvalue weighted by molar-refractivity contribution is -0.148. The van der Waals surface area contributed by atoms with Crippen molar-refractivity contribution >= 4 is 17.5 Å². The Balaban J connectivity index is 1.84. The first kappa shape index (κ1) is 15.2. The number of nitrogens with zero attached hydrogens (tertiary/aromatic N) is 1. The van der Waals surface area contributed by atoms with Crippen LogP contribution < -0.4 is 10.6 Å². The number of hydrogen-bond acceptors (Lipinski definition) is 3. The van der Waals surface area contributed by atoms with Crippen LogP contribution in [0.1, 0.15) is 39.2 Å². The number of nitrogens with one attached hydrogen (secondary N) is 2. The van der Waals surface area contributed by atoms with E-state index in [4.69, 9.17) is 0 Å². The molecule has 2 fully saturated rings. The highest BCUT2D eigenvalue weighted by molar-refractivity contribution is 5.98. The highest BCUT2D eigenvalue weighted by Gasteiger charge is 2.61. The van der Waals surface area contributed by atoms with Crippen molar-refractivity contribution in [2.24, 2.45) is 0 Å². The van der Waals surface area contributed by atoms with Crippen molar-refractivity contribution in [2.45, 2.75) is 57.3 Å². The summed E-state index contributed by atoms with van der Waals surface area (Å²) in [6, 6.07) is 7.39. The van der Waals surface area contributed by atoms with Gasteiger partial charge in [0.2, 0.25) is 11.8 Å². The minimum absolute atomic E-state index is 0.00369. The summed E-state index contributed by atoms with van der Waals surface area (Å²) in [5, 5.41) is 6.35. The van der Waals surface area contributed by atoms with Crippen LogP contribution >= 0.6 is 0 Å². The van der Waals surface area contributed by atoms with Crippen LogP contribution in [0, 0.1) is 0 Å². The van der Waals surface area contributed by atoms with Crippen LogP contribution in [0.25, 0.3) is 0 Å². The number of carbonyl (C=O) groups is 2. The van der Waals surface area contributed by atoms with E-state index in [0.29, 0.717) is 6.42 Å². The van der Waals surface area contributed by atoms with E-state index in [-0.39, 0.29) is 29.4 Å². The number of amides is 2. The van der Waals surface area contributed by atoms with Crippen molar-refractivity contribution in [1.29, 1.82) is 0 Å². The lowest BCUT2D eigenvalue weighted by Crippen LogP contribution is -2.63. The summed E-state index contributed by atoms with van der Waals surface area (Å²) in [7, 11) is 0. The van der Waals surface area contributed by atoms with Gasteiger partial charge in [0.1, 0.15) is 18.2 Å². The van der Waals surface area contributed by atoms with Gasteiger partial charge in [-0.05, 0) is 45.2 Å². The molecular formula is C19H23N3O2. The molecular weight excluding hydrogens is 302 g/mol. The molecule has 0 radical (unpaired) electrons. The van der Waals surface area contributed by atoms with E-state index in [1.54, 1.807) is 11.8 Å². The van der Waals surface area contributed by atoms with E-state index in [1.165, 1.54) is 11.1 Å². The van der Waals surface area contributed by atoms with Gasteiger partial charge in [-0.2, -0.15) is 0 Å². The zero-order valence-electron chi connectivity index (χ0n) is 14.3. The second-order valence-electron chi connectivity index (χ2n) is 7.43. The fourth-order valence-electron chi connectivity index (χ4n) is 4.44. The molecule has 2 amide bonds. The molecule has 4 rings (SSSR count). The number of piperazine rings is 1. The first-order valence-electron chi connectivity index (χ1n) is 8.56. The summed E-state index contributed by atoms with van der Waals surface area (Å²) < 4.78 is 0. The van der Waals surface area contributed by atoms with Gasteiger partial charge in [0, 0.05) is 11.1 Å². The van der Waals surface area contributed by atoms with Crippen LogP contribution in [0.4, 0.5) is 5.69 Å². The van der Waals surface area contributed by atoms with Gasteiger partial charge in [0.25, 0.3) is 0 Å². The molecule has 0 spiro atoms. The summed E-state index contributed by atoms with van der Waals surface area (Å²) in [5.74, 6) is -0.0312. The predicted octanol–water partition coefficient (Wildman–Crippen LogP) is 2.15. The molecule has 1 aromatic rings. The maximum absolute atomic E-state index is 12.8. The average molecular weight is 325 g/mol. The standard InChI is InChI=1S/C19H23N3O2/c1-11(2)8-9-19-10-15-16(23)20-12(3)17(24)22(15)18(19)21-14-7-5-4-6-13(14)19/h4-8,12,15,18,21H,9-10H2,1-3H3,(H,20,23)/t12-,15-,18-,19-/m1/s1. The molecule has 0 unspecified atom stereocenters. The van der Waals surface area contributed by atoms with Gasteiger partial charge in [-0.25, -0.2) is 0 Å². The molecule has 0 saturated carbocycles. The van der Waals surface area contributed by atoms with Crippen molar-refractivity contribution < 1.29 is 9.59 Å². The van der Waals surface area contributed by atoms with Gasteiger partial charge in [0.05, 0.1) is 0 Å². The van der Waals surface area contributed by atoms with Gasteiger partial charge >= 0.3 is 0 Å². The first-order valence-corrected chi connectivity index (χ1v) is 8.56. The average Bonchev–Trinajstić information content (AvgIpc) is 3.02. The number of fused-ring (bicyclic) bond motifs is 5. The van der Waals surface area contributed by atoms with E-state index < -0.39 is 6.04 Å². The maximum atomic E-state index is 12.8. The Morgan fingerprint density at radius 2 is 2.04 bits per heavy atom. The molecule has 3 heterocycles. The molecule has 126 valence electrons. The Kier molecular flexibility index (Phi) is 3.24. The third-order valence-electron chi connectivity index (χ3n) is 5.61. The predicted molar refractivity (Wildman–Crippen MR) is 92.4 cm³/mol. The van der Waals surface area contributed by atoms with Crippen molar-refractivity contribution in [3.63, 3.8) is 0 Å². The van der Waals surface area contributed by atoms with E-state index >= 15 is 0 Å². The van der Waals surface area contributed by atoms with Crippen LogP contribution in [0.3, 0.4) is 0 Å². The highest BCUT2D eigenvalue weighted by atomic mass is 16.2. The molecule has 0 aliphatic carbocycles. The molecule has 0 aromatic heterocycles. The molecule has 4 atom stereocenters. The van der Waals surface area contributed by atoms with Crippen molar-refractivity contribution in [2.75, 3.05) is 5.32 Å². The van der Waals surface area contributed by atoms with Crippen LogP contribution in [0.5, 0.6) is 0 Å². The minimum atomic E-state index is -0.460. The van der Waals surface area contributed by atoms with Crippen LogP contribution in [-0.4, -0.2) is 35.0 Å². The fourth-order valence-corrected chi connectivity index (χ4v) is 4.44. The summed E-state index contributed by atoms with van der Waals surface area (Å²) in [6.07, 6.45) is 3.56. The number of anilines is 1. The monoisotopic (exact) mass is 325 g/mol. The van der Waals surface area contributed by atoms with Crippen molar-refractivity contribution in [3.8, 4) is 0 Å².